The Bertz CT molecular complexity index is 884. The Hall–Kier alpha value is -1.87. The molecule has 0 bridgehead atoms. The third-order valence-corrected chi connectivity index (χ3v) is 7.43. The lowest BCUT2D eigenvalue weighted by Gasteiger charge is -2.33. The smallest absolute Gasteiger partial charge is 0.238 e. The highest BCUT2D eigenvalue weighted by Gasteiger charge is 2.24. The van der Waals surface area contributed by atoms with Gasteiger partial charge in [-0.25, -0.2) is 8.42 Å². The number of nitrogens with one attached hydrogen (secondary N) is 1. The average molecular weight is 434 g/mol. The topological polar surface area (TPSA) is 69.7 Å². The molecule has 156 valence electrons. The normalized spacial score (nSPS) is 17.0. The first kappa shape index (κ1) is 21.8. The summed E-state index contributed by atoms with van der Waals surface area (Å²) >= 11 is 1.54. The largest absolute Gasteiger partial charge is 0.354 e. The third kappa shape index (κ3) is 6.57. The number of benzene rings is 2. The van der Waals surface area contributed by atoms with Crippen molar-refractivity contribution in [3.63, 3.8) is 0 Å². The number of hydrogen-bond donors (Lipinski definition) is 1. The van der Waals surface area contributed by atoms with Gasteiger partial charge in [0.25, 0.3) is 0 Å². The van der Waals surface area contributed by atoms with Crippen LogP contribution in [0.15, 0.2) is 65.6 Å². The Kier molecular flexibility index (Phi) is 7.71. The van der Waals surface area contributed by atoms with E-state index in [0.717, 1.165) is 10.5 Å². The van der Waals surface area contributed by atoms with E-state index >= 15 is 0 Å². The van der Waals surface area contributed by atoms with Crippen molar-refractivity contribution in [3.8, 4) is 0 Å². The van der Waals surface area contributed by atoms with Crippen LogP contribution in [0, 0.1) is 0 Å². The van der Waals surface area contributed by atoms with E-state index in [0.29, 0.717) is 39.3 Å². The molecule has 1 aliphatic heterocycles. The summed E-state index contributed by atoms with van der Waals surface area (Å²) in [5, 5.41) is 2.74. The monoisotopic (exact) mass is 433 g/mol. The van der Waals surface area contributed by atoms with Gasteiger partial charge in [-0.15, -0.1) is 11.8 Å². The Morgan fingerprint density at radius 1 is 1.00 bits per heavy atom. The molecule has 0 aliphatic carbocycles. The second-order valence-electron chi connectivity index (χ2n) is 7.02. The Morgan fingerprint density at radius 2 is 1.59 bits per heavy atom. The van der Waals surface area contributed by atoms with Gasteiger partial charge in [-0.3, -0.25) is 9.69 Å². The van der Waals surface area contributed by atoms with E-state index in [2.05, 4.69) is 10.2 Å². The van der Waals surface area contributed by atoms with Gasteiger partial charge in [0.05, 0.1) is 6.26 Å². The molecule has 2 aromatic rings. The zero-order valence-electron chi connectivity index (χ0n) is 16.5. The molecule has 0 spiro atoms. The van der Waals surface area contributed by atoms with Gasteiger partial charge in [-0.2, -0.15) is 4.31 Å². The van der Waals surface area contributed by atoms with Crippen molar-refractivity contribution in [2.75, 3.05) is 45.5 Å². The molecule has 1 heterocycles. The van der Waals surface area contributed by atoms with Gasteiger partial charge < -0.3 is 5.32 Å². The van der Waals surface area contributed by atoms with E-state index in [1.54, 1.807) is 0 Å². The van der Waals surface area contributed by atoms with Crippen molar-refractivity contribution < 1.29 is 13.2 Å². The van der Waals surface area contributed by atoms with E-state index in [9.17, 15) is 13.2 Å². The summed E-state index contributed by atoms with van der Waals surface area (Å²) in [6.45, 7) is 3.62. The van der Waals surface area contributed by atoms with Gasteiger partial charge >= 0.3 is 0 Å². The Labute approximate surface area is 177 Å². The minimum absolute atomic E-state index is 0.0141. The molecule has 1 fully saturated rings. The lowest BCUT2D eigenvalue weighted by molar-refractivity contribution is -0.120. The SMILES string of the molecule is CS(=O)(=O)N1CCN(CCNC(=O)[C@@H](Sc2ccccc2)c2ccccc2)CC1. The number of amides is 1. The molecule has 2 aromatic carbocycles. The molecule has 29 heavy (non-hydrogen) atoms. The molecule has 8 heteroatoms. The molecule has 3 rings (SSSR count). The molecule has 0 unspecified atom stereocenters. The molecule has 1 amide bonds. The third-order valence-electron chi connectivity index (χ3n) is 4.87. The number of thioether (sulfide) groups is 1. The number of carbonyl (C=O) groups excluding carboxylic acids is 1. The fourth-order valence-corrected chi connectivity index (χ4v) is 5.15. The van der Waals surface area contributed by atoms with Crippen molar-refractivity contribution in [3.05, 3.63) is 66.2 Å². The van der Waals surface area contributed by atoms with Crippen molar-refractivity contribution >= 4 is 27.7 Å². The van der Waals surface area contributed by atoms with Gasteiger partial charge in [0.15, 0.2) is 0 Å². The molecule has 1 atom stereocenters. The number of sulfonamides is 1. The summed E-state index contributed by atoms with van der Waals surface area (Å²) < 4.78 is 24.7. The van der Waals surface area contributed by atoms with Crippen LogP contribution in [-0.2, 0) is 14.8 Å². The highest BCUT2D eigenvalue weighted by molar-refractivity contribution is 8.00. The van der Waals surface area contributed by atoms with E-state index in [4.69, 9.17) is 0 Å². The number of nitrogens with zero attached hydrogens (tertiary/aromatic N) is 2. The maximum atomic E-state index is 12.9. The molecule has 1 N–H and O–H groups in total. The first-order valence-corrected chi connectivity index (χ1v) is 12.4. The van der Waals surface area contributed by atoms with Crippen molar-refractivity contribution in [2.24, 2.45) is 0 Å². The van der Waals surface area contributed by atoms with Gasteiger partial charge in [0.1, 0.15) is 5.25 Å². The molecular weight excluding hydrogens is 406 g/mol. The van der Waals surface area contributed by atoms with Crippen molar-refractivity contribution in [2.45, 2.75) is 10.1 Å². The minimum Gasteiger partial charge on any atom is -0.354 e. The maximum Gasteiger partial charge on any atom is 0.238 e. The summed E-state index contributed by atoms with van der Waals surface area (Å²) in [6, 6.07) is 19.7. The quantitative estimate of drug-likeness (QED) is 0.647. The zero-order valence-corrected chi connectivity index (χ0v) is 18.2. The van der Waals surface area contributed by atoms with Gasteiger partial charge in [0.2, 0.25) is 15.9 Å². The fraction of sp³-hybridized carbons (Fsp3) is 0.381. The lowest BCUT2D eigenvalue weighted by atomic mass is 10.1. The summed E-state index contributed by atoms with van der Waals surface area (Å²) in [5.41, 5.74) is 0.973. The van der Waals surface area contributed by atoms with Gasteiger partial charge in [-0.05, 0) is 17.7 Å². The summed E-state index contributed by atoms with van der Waals surface area (Å²) in [7, 11) is -3.12. The Morgan fingerprint density at radius 3 is 2.17 bits per heavy atom. The number of rotatable bonds is 8. The van der Waals surface area contributed by atoms with Gasteiger partial charge in [0, 0.05) is 44.2 Å². The molecular formula is C21H27N3O3S2. The van der Waals surface area contributed by atoms with Crippen LogP contribution >= 0.6 is 11.8 Å². The second kappa shape index (κ2) is 10.2. The van der Waals surface area contributed by atoms with Crippen molar-refractivity contribution in [1.82, 2.24) is 14.5 Å². The summed E-state index contributed by atoms with van der Waals surface area (Å²) in [6.07, 6.45) is 1.25. The van der Waals surface area contributed by atoms with Crippen LogP contribution in [0.5, 0.6) is 0 Å². The van der Waals surface area contributed by atoms with Crippen LogP contribution in [0.25, 0.3) is 0 Å². The predicted molar refractivity (Wildman–Crippen MR) is 117 cm³/mol. The van der Waals surface area contributed by atoms with Crippen LogP contribution in [-0.4, -0.2) is 69.1 Å². The summed E-state index contributed by atoms with van der Waals surface area (Å²) in [4.78, 5) is 16.2. The molecule has 0 radical (unpaired) electrons. The zero-order chi connectivity index (χ0) is 20.7. The number of carbonyl (C=O) groups is 1. The number of piperazine rings is 1. The second-order valence-corrected chi connectivity index (χ2v) is 10.2. The highest BCUT2D eigenvalue weighted by Crippen LogP contribution is 2.35. The molecule has 1 aliphatic rings. The Balaban J connectivity index is 1.54. The van der Waals surface area contributed by atoms with Crippen LogP contribution in [0.4, 0.5) is 0 Å². The molecule has 1 saturated heterocycles. The average Bonchev–Trinajstić information content (AvgIpc) is 2.73. The first-order valence-electron chi connectivity index (χ1n) is 9.65. The predicted octanol–water partition coefficient (Wildman–Crippen LogP) is 2.21. The van der Waals surface area contributed by atoms with Gasteiger partial charge in [-0.1, -0.05) is 48.5 Å². The van der Waals surface area contributed by atoms with Crippen LogP contribution in [0.1, 0.15) is 10.8 Å². The number of hydrogen-bond acceptors (Lipinski definition) is 5. The van der Waals surface area contributed by atoms with E-state index in [1.807, 2.05) is 60.7 Å². The highest BCUT2D eigenvalue weighted by atomic mass is 32.2. The van der Waals surface area contributed by atoms with Crippen LogP contribution in [0.3, 0.4) is 0 Å². The van der Waals surface area contributed by atoms with Crippen LogP contribution in [0.2, 0.25) is 0 Å². The molecule has 0 aromatic heterocycles. The van der Waals surface area contributed by atoms with E-state index < -0.39 is 10.0 Å². The molecule has 6 nitrogen and oxygen atoms in total. The molecule has 0 saturated carbocycles. The minimum atomic E-state index is -3.12. The van der Waals surface area contributed by atoms with Crippen LogP contribution < -0.4 is 5.32 Å². The maximum absolute atomic E-state index is 12.9. The van der Waals surface area contributed by atoms with E-state index in [-0.39, 0.29) is 11.2 Å². The van der Waals surface area contributed by atoms with E-state index in [1.165, 1.54) is 22.3 Å². The standard InChI is InChI=1S/C21H27N3O3S2/c1-29(26,27)24-16-14-23(15-17-24)13-12-22-21(25)20(18-8-4-2-5-9-18)28-19-10-6-3-7-11-19/h2-11,20H,12-17H2,1H3,(H,22,25)/t20-/m0/s1. The first-order chi connectivity index (χ1) is 13.9. The lowest BCUT2D eigenvalue weighted by Crippen LogP contribution is -2.50. The summed E-state index contributed by atoms with van der Waals surface area (Å²) in [5.74, 6) is -0.0141. The fourth-order valence-electron chi connectivity index (χ4n) is 3.25. The van der Waals surface area contributed by atoms with Crippen molar-refractivity contribution in [1.29, 1.82) is 0 Å².